The molecule has 38 heavy (non-hydrogen) atoms. The van der Waals surface area contributed by atoms with E-state index in [0.29, 0.717) is 16.3 Å². The monoisotopic (exact) mass is 544 g/mol. The second-order valence-corrected chi connectivity index (χ2v) is 9.53. The van der Waals surface area contributed by atoms with Gasteiger partial charge in [-0.15, -0.1) is 0 Å². The first-order valence-electron chi connectivity index (χ1n) is 11.0. The van der Waals surface area contributed by atoms with Crippen LogP contribution >= 0.6 is 0 Å². The number of anilines is 4. The summed E-state index contributed by atoms with van der Waals surface area (Å²) in [7, 11) is -2.02. The average Bonchev–Trinajstić information content (AvgIpc) is 2.87. The number of hydrogen-bond donors (Lipinski definition) is 2. The van der Waals surface area contributed by atoms with E-state index >= 15 is 0 Å². The number of aromatic carboxylic acids is 2. The Balaban J connectivity index is 0.00000253. The molecule has 7 nitrogen and oxygen atoms in total. The number of benzene rings is 4. The molecule has 0 fully saturated rings. The minimum atomic E-state index is -2.02. The van der Waals surface area contributed by atoms with Crippen LogP contribution in [0.25, 0.3) is 0 Å². The molecule has 0 heterocycles. The molecule has 10 heteroatoms. The molecule has 4 aromatic rings. The molecule has 0 saturated heterocycles. The summed E-state index contributed by atoms with van der Waals surface area (Å²) in [5, 5.41) is 31.0. The van der Waals surface area contributed by atoms with E-state index in [4.69, 9.17) is 0 Å². The van der Waals surface area contributed by atoms with Crippen molar-refractivity contribution in [1.29, 1.82) is 0 Å². The number of carboxylic acid groups (broad SMARTS) is 2. The molecule has 0 aromatic heterocycles. The number of para-hydroxylation sites is 2. The molecular weight excluding hydrogens is 522 g/mol. The van der Waals surface area contributed by atoms with Gasteiger partial charge in [-0.2, -0.15) is 0 Å². The van der Waals surface area contributed by atoms with E-state index in [2.05, 4.69) is 10.6 Å². The first-order valence-corrected chi connectivity index (χ1v) is 12.2. The molecule has 0 amide bonds. The maximum atomic E-state index is 13.5. The van der Waals surface area contributed by atoms with Crippen molar-refractivity contribution < 1.29 is 83.1 Å². The van der Waals surface area contributed by atoms with Gasteiger partial charge in [0.25, 0.3) is 0 Å². The van der Waals surface area contributed by atoms with Crippen LogP contribution in [0.5, 0.6) is 0 Å². The zero-order valence-corrected chi connectivity index (χ0v) is 26.3. The fourth-order valence-corrected chi connectivity index (χ4v) is 5.04. The van der Waals surface area contributed by atoms with Crippen molar-refractivity contribution in [2.24, 2.45) is 0 Å². The first-order chi connectivity index (χ1) is 17.3. The van der Waals surface area contributed by atoms with Crippen molar-refractivity contribution in [3.05, 3.63) is 107 Å². The third-order valence-electron chi connectivity index (χ3n) is 5.68. The largest absolute Gasteiger partial charge is 1.00 e. The zero-order chi connectivity index (χ0) is 25.8. The number of rotatable bonds is 8. The Morgan fingerprint density at radius 1 is 0.684 bits per heavy atom. The van der Waals surface area contributed by atoms with Gasteiger partial charge in [0.1, 0.15) is 0 Å². The van der Waals surface area contributed by atoms with Crippen LogP contribution in [0.2, 0.25) is 0 Å². The molecule has 0 bridgehead atoms. The van der Waals surface area contributed by atoms with Crippen LogP contribution in [0.4, 0.5) is 22.7 Å². The van der Waals surface area contributed by atoms with Gasteiger partial charge in [0.2, 0.25) is 0 Å². The maximum absolute atomic E-state index is 13.5. The SMILES string of the molecule is Cc1ccccc1Nc1c(C(=O)[O-])cc(S(=O)c2ccccc2)c(C(=O)[O-])c1Nc1ccccc1C.[Na+].[Na+]. The van der Waals surface area contributed by atoms with Crippen LogP contribution in [0.15, 0.2) is 94.7 Å². The Hall–Kier alpha value is -2.43. The summed E-state index contributed by atoms with van der Waals surface area (Å²) in [6.45, 7) is 3.65. The molecule has 0 aliphatic heterocycles. The Morgan fingerprint density at radius 2 is 1.16 bits per heavy atom. The summed E-state index contributed by atoms with van der Waals surface area (Å²) in [4.78, 5) is 24.9. The molecule has 182 valence electrons. The summed E-state index contributed by atoms with van der Waals surface area (Å²) in [6, 6.07) is 23.5. The van der Waals surface area contributed by atoms with Gasteiger partial charge in [0, 0.05) is 27.4 Å². The molecule has 0 spiro atoms. The van der Waals surface area contributed by atoms with Crippen LogP contribution in [0.3, 0.4) is 0 Å². The molecule has 1 unspecified atom stereocenters. The van der Waals surface area contributed by atoms with E-state index in [0.717, 1.165) is 17.2 Å². The zero-order valence-electron chi connectivity index (χ0n) is 21.5. The van der Waals surface area contributed by atoms with Gasteiger partial charge in [-0.25, -0.2) is 4.21 Å². The summed E-state index contributed by atoms with van der Waals surface area (Å²) in [5.74, 6) is -3.17. The number of carbonyl (C=O) groups excluding carboxylic acids is 2. The van der Waals surface area contributed by atoms with Gasteiger partial charge in [0.15, 0.2) is 0 Å². The Morgan fingerprint density at radius 3 is 1.63 bits per heavy atom. The Bertz CT molecular complexity index is 1500. The van der Waals surface area contributed by atoms with E-state index < -0.39 is 28.3 Å². The summed E-state index contributed by atoms with van der Waals surface area (Å²) in [6.07, 6.45) is 0. The van der Waals surface area contributed by atoms with E-state index in [9.17, 15) is 24.0 Å². The van der Waals surface area contributed by atoms with E-state index in [1.54, 1.807) is 54.6 Å². The quantitative estimate of drug-likeness (QED) is 0.239. The number of carboxylic acids is 2. The van der Waals surface area contributed by atoms with E-state index in [1.807, 2.05) is 38.1 Å². The standard InChI is InChI=1S/C28H24N2O5S.2Na/c1-17-10-6-8-14-21(17)29-25-20(27(31)32)16-23(36(35)19-12-4-3-5-13-19)24(28(33)34)26(25)30-22-15-9-7-11-18(22)2;;/h3-16,29-30H,1-2H3,(H,31,32)(H,33,34);;/q;2*+1/p-2. The normalized spacial score (nSPS) is 10.9. The predicted molar refractivity (Wildman–Crippen MR) is 135 cm³/mol. The first kappa shape index (κ1) is 31.8. The van der Waals surface area contributed by atoms with E-state index in [1.165, 1.54) is 0 Å². The minimum absolute atomic E-state index is 0. The molecular formula is C28H22N2Na2O5S. The molecule has 4 aromatic carbocycles. The van der Waals surface area contributed by atoms with Gasteiger partial charge in [-0.05, 0) is 55.3 Å². The Kier molecular flexibility index (Phi) is 11.8. The van der Waals surface area contributed by atoms with Gasteiger partial charge < -0.3 is 30.4 Å². The fourth-order valence-electron chi connectivity index (χ4n) is 3.79. The van der Waals surface area contributed by atoms with Crippen molar-refractivity contribution in [3.8, 4) is 0 Å². The van der Waals surface area contributed by atoms with Crippen LogP contribution < -0.4 is 80.0 Å². The fraction of sp³-hybridized carbons (Fsp3) is 0.0714. The third-order valence-corrected chi connectivity index (χ3v) is 7.10. The molecule has 2 N–H and O–H groups in total. The van der Waals surface area contributed by atoms with Crippen LogP contribution in [-0.2, 0) is 10.8 Å². The van der Waals surface area contributed by atoms with Crippen molar-refractivity contribution in [2.45, 2.75) is 23.6 Å². The van der Waals surface area contributed by atoms with E-state index in [-0.39, 0.29) is 80.9 Å². The van der Waals surface area contributed by atoms with Crippen molar-refractivity contribution in [3.63, 3.8) is 0 Å². The summed E-state index contributed by atoms with van der Waals surface area (Å²) < 4.78 is 13.5. The van der Waals surface area contributed by atoms with Gasteiger partial charge in [-0.3, -0.25) is 0 Å². The molecule has 0 saturated carbocycles. The number of nitrogens with one attached hydrogen (secondary N) is 2. The third kappa shape index (κ3) is 6.95. The van der Waals surface area contributed by atoms with Gasteiger partial charge in [-0.1, -0.05) is 54.6 Å². The molecule has 1 atom stereocenters. The van der Waals surface area contributed by atoms with Crippen molar-refractivity contribution in [2.75, 3.05) is 10.6 Å². The van der Waals surface area contributed by atoms with Gasteiger partial charge in [0.05, 0.1) is 39.0 Å². The second kappa shape index (κ2) is 14.1. The maximum Gasteiger partial charge on any atom is 1.00 e. The van der Waals surface area contributed by atoms with Crippen LogP contribution in [0, 0.1) is 13.8 Å². The van der Waals surface area contributed by atoms with Crippen molar-refractivity contribution in [1.82, 2.24) is 0 Å². The number of carbonyl (C=O) groups is 2. The van der Waals surface area contributed by atoms with Crippen molar-refractivity contribution >= 4 is 45.5 Å². The average molecular weight is 545 g/mol. The smallest absolute Gasteiger partial charge is 0.545 e. The molecule has 0 aliphatic rings. The van der Waals surface area contributed by atoms with Gasteiger partial charge >= 0.3 is 59.1 Å². The number of hydrogen-bond acceptors (Lipinski definition) is 7. The van der Waals surface area contributed by atoms with Crippen LogP contribution in [-0.4, -0.2) is 16.1 Å². The second-order valence-electron chi connectivity index (χ2n) is 8.08. The molecule has 0 aliphatic carbocycles. The molecule has 4 rings (SSSR count). The topological polar surface area (TPSA) is 121 Å². The van der Waals surface area contributed by atoms with Crippen LogP contribution in [0.1, 0.15) is 31.8 Å². The molecule has 0 radical (unpaired) electrons. The minimum Gasteiger partial charge on any atom is -0.545 e. The summed E-state index contributed by atoms with van der Waals surface area (Å²) in [5.41, 5.74) is 1.80. The predicted octanol–water partition coefficient (Wildman–Crippen LogP) is -2.31. The Labute approximate surface area is 267 Å². The summed E-state index contributed by atoms with van der Waals surface area (Å²) >= 11 is 0. The number of aryl methyl sites for hydroxylation is 2.